The Morgan fingerprint density at radius 2 is 0.797 bits per heavy atom. The lowest BCUT2D eigenvalue weighted by Gasteiger charge is -2.43. The first-order valence-electron chi connectivity index (χ1n) is 22.8. The van der Waals surface area contributed by atoms with Crippen molar-refractivity contribution in [2.75, 3.05) is 9.80 Å². The fourth-order valence-corrected chi connectivity index (χ4v) is 13.0. The molecule has 4 heteroatoms. The maximum absolute atomic E-state index is 2.67. The van der Waals surface area contributed by atoms with E-state index in [-0.39, 0.29) is 6.71 Å². The first-order valence-corrected chi connectivity index (χ1v) is 23.6. The van der Waals surface area contributed by atoms with Gasteiger partial charge in [-0.25, -0.2) is 0 Å². The topological polar surface area (TPSA) is 6.48 Å². The van der Waals surface area contributed by atoms with Crippen LogP contribution >= 0.6 is 11.3 Å². The zero-order chi connectivity index (χ0) is 42.2. The largest absolute Gasteiger partial charge is 0.311 e. The molecule has 0 radical (unpaired) electrons. The summed E-state index contributed by atoms with van der Waals surface area (Å²) >= 11 is 1.99. The van der Waals surface area contributed by atoms with Gasteiger partial charge in [0.1, 0.15) is 0 Å². The highest BCUT2D eigenvalue weighted by atomic mass is 32.1. The second kappa shape index (κ2) is 13.6. The van der Waals surface area contributed by atoms with E-state index >= 15 is 0 Å². The van der Waals surface area contributed by atoms with Crippen molar-refractivity contribution in [2.24, 2.45) is 0 Å². The van der Waals surface area contributed by atoms with E-state index in [1.165, 1.54) is 136 Å². The van der Waals surface area contributed by atoms with Gasteiger partial charge in [0.2, 0.25) is 0 Å². The van der Waals surface area contributed by atoms with Crippen LogP contribution in [0.25, 0.3) is 74.7 Å². The summed E-state index contributed by atoms with van der Waals surface area (Å²) in [5.74, 6) is 0. The third kappa shape index (κ3) is 4.81. The van der Waals surface area contributed by atoms with Crippen LogP contribution in [0, 0.1) is 0 Å². The van der Waals surface area contributed by atoms with Gasteiger partial charge in [0.25, 0.3) is 6.71 Å². The molecule has 0 amide bonds. The number of hydrogen-bond donors (Lipinski definition) is 0. The number of hydrogen-bond acceptors (Lipinski definition) is 3. The Morgan fingerprint density at radius 1 is 0.375 bits per heavy atom. The molecule has 300 valence electrons. The summed E-state index contributed by atoms with van der Waals surface area (Å²) in [5.41, 5.74) is 12.9. The molecule has 0 saturated heterocycles. The number of nitrogens with zero attached hydrogens (tertiary/aromatic N) is 2. The van der Waals surface area contributed by atoms with Gasteiger partial charge in [-0.2, -0.15) is 0 Å². The van der Waals surface area contributed by atoms with E-state index in [2.05, 4.69) is 212 Å². The van der Waals surface area contributed by atoms with E-state index in [4.69, 9.17) is 0 Å². The quantitative estimate of drug-likeness (QED) is 0.129. The van der Waals surface area contributed by atoms with Crippen molar-refractivity contribution in [2.45, 2.75) is 26.7 Å². The van der Waals surface area contributed by atoms with E-state index in [0.717, 1.165) is 12.8 Å². The normalized spacial score (nSPS) is 13.2. The average molecular weight is 833 g/mol. The molecular formula is C60H41BN2S. The van der Waals surface area contributed by atoms with E-state index < -0.39 is 0 Å². The van der Waals surface area contributed by atoms with Gasteiger partial charge in [-0.1, -0.05) is 159 Å². The lowest BCUT2D eigenvalue weighted by Crippen LogP contribution is -2.60. The van der Waals surface area contributed by atoms with Crippen LogP contribution in [0.5, 0.6) is 0 Å². The zero-order valence-corrected chi connectivity index (χ0v) is 36.5. The Balaban J connectivity index is 1.14. The molecule has 1 aromatic heterocycles. The monoisotopic (exact) mass is 832 g/mol. The highest BCUT2D eigenvalue weighted by molar-refractivity contribution is 7.33. The van der Waals surface area contributed by atoms with Crippen LogP contribution in [0.4, 0.5) is 34.1 Å². The van der Waals surface area contributed by atoms with Crippen LogP contribution in [0.2, 0.25) is 0 Å². The smallest absolute Gasteiger partial charge is 0.264 e. The van der Waals surface area contributed by atoms with Crippen LogP contribution in [-0.4, -0.2) is 6.71 Å². The lowest BCUT2D eigenvalue weighted by molar-refractivity contribution is 1.14. The summed E-state index contributed by atoms with van der Waals surface area (Å²) in [6, 6.07) is 71.5. The van der Waals surface area contributed by atoms with Crippen molar-refractivity contribution in [3.05, 3.63) is 199 Å². The molecule has 12 aromatic rings. The van der Waals surface area contributed by atoms with Crippen molar-refractivity contribution < 1.29 is 0 Å². The zero-order valence-electron chi connectivity index (χ0n) is 35.7. The van der Waals surface area contributed by atoms with Crippen molar-refractivity contribution in [1.82, 2.24) is 0 Å². The minimum Gasteiger partial charge on any atom is -0.311 e. The Labute approximate surface area is 376 Å². The summed E-state index contributed by atoms with van der Waals surface area (Å²) < 4.78 is 2.74. The second-order valence-electron chi connectivity index (χ2n) is 17.6. The highest BCUT2D eigenvalue weighted by Crippen LogP contribution is 2.52. The molecule has 0 aliphatic carbocycles. The Hall–Kier alpha value is -7.40. The minimum atomic E-state index is 0.0535. The van der Waals surface area contributed by atoms with E-state index in [0.29, 0.717) is 0 Å². The van der Waals surface area contributed by atoms with Crippen LogP contribution in [0.3, 0.4) is 0 Å². The van der Waals surface area contributed by atoms with Crippen LogP contribution in [0.15, 0.2) is 188 Å². The third-order valence-electron chi connectivity index (χ3n) is 14.5. The molecule has 2 aliphatic rings. The molecule has 0 spiro atoms. The molecule has 0 bridgehead atoms. The minimum absolute atomic E-state index is 0.0535. The predicted molar refractivity (Wildman–Crippen MR) is 280 cm³/mol. The SMILES string of the molecule is CCc1ccc2c(c1)B1c3sc4ccc(CC)cc4c3N(c3cccc4c5ccccc5c5ccccc5c34)c3cccc(c31)N2c1cccc2c3ccccc3c3ccccc3c12. The Morgan fingerprint density at radius 3 is 1.34 bits per heavy atom. The Kier molecular flexibility index (Phi) is 7.65. The van der Waals surface area contributed by atoms with Crippen LogP contribution in [0.1, 0.15) is 25.0 Å². The van der Waals surface area contributed by atoms with Crippen molar-refractivity contribution in [3.8, 4) is 0 Å². The Bertz CT molecular complexity index is 3890. The maximum atomic E-state index is 2.67. The fourth-order valence-electron chi connectivity index (χ4n) is 11.7. The molecule has 3 heterocycles. The van der Waals surface area contributed by atoms with Gasteiger partial charge in [0.15, 0.2) is 0 Å². The molecule has 0 saturated carbocycles. The van der Waals surface area contributed by atoms with Gasteiger partial charge in [0.05, 0.1) is 17.1 Å². The van der Waals surface area contributed by atoms with Gasteiger partial charge >= 0.3 is 0 Å². The maximum Gasteiger partial charge on any atom is 0.264 e. The van der Waals surface area contributed by atoms with Gasteiger partial charge < -0.3 is 9.80 Å². The first kappa shape index (κ1) is 36.1. The summed E-state index contributed by atoms with van der Waals surface area (Å²) in [4.78, 5) is 5.29. The van der Waals surface area contributed by atoms with Gasteiger partial charge in [-0.15, -0.1) is 11.3 Å². The molecule has 11 aromatic carbocycles. The summed E-state index contributed by atoms with van der Waals surface area (Å²) in [6.45, 7) is 4.62. The fraction of sp³-hybridized carbons (Fsp3) is 0.0667. The predicted octanol–water partition coefficient (Wildman–Crippen LogP) is 15.0. The third-order valence-corrected chi connectivity index (χ3v) is 15.7. The van der Waals surface area contributed by atoms with Crippen LogP contribution in [-0.2, 0) is 12.8 Å². The summed E-state index contributed by atoms with van der Waals surface area (Å²) in [7, 11) is 0. The summed E-state index contributed by atoms with van der Waals surface area (Å²) in [5, 5.41) is 16.8. The highest BCUT2D eigenvalue weighted by Gasteiger charge is 2.45. The van der Waals surface area contributed by atoms with Gasteiger partial charge in [0, 0.05) is 42.7 Å². The molecule has 0 N–H and O–H groups in total. The number of rotatable bonds is 4. The first-order chi connectivity index (χ1) is 31.7. The molecule has 0 unspecified atom stereocenters. The number of aryl methyl sites for hydroxylation is 2. The molecule has 0 atom stereocenters. The molecule has 14 rings (SSSR count). The molecule has 64 heavy (non-hydrogen) atoms. The van der Waals surface area contributed by atoms with E-state index in [9.17, 15) is 0 Å². The molecular weight excluding hydrogens is 792 g/mol. The van der Waals surface area contributed by atoms with Crippen molar-refractivity contribution >= 4 is 143 Å². The number of anilines is 6. The molecule has 2 nitrogen and oxygen atoms in total. The standard InChI is InChI=1S/C60H41BN2S/c1-3-36-31-33-55-48(34-36)59-60(64-55)61-49-35-37(4-2)30-32-50(49)62(51-26-13-24-46-42-18-7-5-16-38(42)40-20-9-11-22-44(40)56(46)51)53-28-15-29-54(58(53)61)63(59)52-27-14-25-47-43-19-8-6-17-39(43)41-21-10-12-23-45(41)57(47)52/h5-35H,3-4H2,1-2H3. The average Bonchev–Trinajstić information content (AvgIpc) is 3.74. The van der Waals surface area contributed by atoms with Crippen molar-refractivity contribution in [1.29, 1.82) is 0 Å². The number of thiophene rings is 1. The lowest BCUT2D eigenvalue weighted by atomic mass is 9.36. The van der Waals surface area contributed by atoms with Gasteiger partial charge in [-0.3, -0.25) is 0 Å². The molecule has 0 fully saturated rings. The van der Waals surface area contributed by atoms with Gasteiger partial charge in [-0.05, 0) is 131 Å². The number of fused-ring (bicyclic) bond motifs is 18. The second-order valence-corrected chi connectivity index (χ2v) is 18.7. The van der Waals surface area contributed by atoms with E-state index in [1.54, 1.807) is 0 Å². The van der Waals surface area contributed by atoms with Crippen LogP contribution < -0.4 is 25.5 Å². The van der Waals surface area contributed by atoms with Crippen molar-refractivity contribution in [3.63, 3.8) is 0 Å². The van der Waals surface area contributed by atoms with E-state index in [1.807, 2.05) is 11.3 Å². The summed E-state index contributed by atoms with van der Waals surface area (Å²) in [6.07, 6.45) is 1.96. The number of benzene rings is 11. The molecule has 2 aliphatic heterocycles.